The SMILES string of the molecule is COc1ccc(C2NNC(N)N2)cc1. The monoisotopic (exact) mass is 194 g/mol. The Hall–Kier alpha value is -1.14. The number of hydrogen-bond donors (Lipinski definition) is 4. The molecule has 0 radical (unpaired) electrons. The van der Waals surface area contributed by atoms with E-state index in [4.69, 9.17) is 10.5 Å². The van der Waals surface area contributed by atoms with Crippen LogP contribution in [-0.4, -0.2) is 13.4 Å². The van der Waals surface area contributed by atoms with E-state index in [1.807, 2.05) is 24.3 Å². The normalized spacial score (nSPS) is 26.4. The summed E-state index contributed by atoms with van der Waals surface area (Å²) >= 11 is 0. The molecule has 1 aliphatic rings. The van der Waals surface area contributed by atoms with Gasteiger partial charge in [-0.2, -0.15) is 0 Å². The highest BCUT2D eigenvalue weighted by Gasteiger charge is 2.20. The first-order valence-corrected chi connectivity index (χ1v) is 4.46. The van der Waals surface area contributed by atoms with Gasteiger partial charge < -0.3 is 10.5 Å². The van der Waals surface area contributed by atoms with Crippen molar-refractivity contribution in [3.05, 3.63) is 29.8 Å². The van der Waals surface area contributed by atoms with Crippen LogP contribution >= 0.6 is 0 Å². The average Bonchev–Trinajstić information content (AvgIpc) is 2.65. The van der Waals surface area contributed by atoms with Gasteiger partial charge in [0.05, 0.1) is 13.3 Å². The van der Waals surface area contributed by atoms with E-state index in [-0.39, 0.29) is 12.5 Å². The van der Waals surface area contributed by atoms with Crippen LogP contribution in [0, 0.1) is 0 Å². The Morgan fingerprint density at radius 3 is 2.43 bits per heavy atom. The molecule has 1 heterocycles. The molecule has 0 spiro atoms. The minimum absolute atomic E-state index is 0.0518. The molecule has 0 aromatic heterocycles. The maximum Gasteiger partial charge on any atom is 0.123 e. The van der Waals surface area contributed by atoms with Crippen LogP contribution in [0.25, 0.3) is 0 Å². The van der Waals surface area contributed by atoms with E-state index in [1.54, 1.807) is 7.11 Å². The molecule has 2 atom stereocenters. The number of benzene rings is 1. The highest BCUT2D eigenvalue weighted by molar-refractivity contribution is 5.29. The smallest absolute Gasteiger partial charge is 0.123 e. The predicted molar refractivity (Wildman–Crippen MR) is 53.1 cm³/mol. The van der Waals surface area contributed by atoms with Crippen molar-refractivity contribution >= 4 is 0 Å². The van der Waals surface area contributed by atoms with E-state index in [1.165, 1.54) is 0 Å². The Morgan fingerprint density at radius 2 is 1.93 bits per heavy atom. The van der Waals surface area contributed by atoms with Gasteiger partial charge in [0.15, 0.2) is 0 Å². The van der Waals surface area contributed by atoms with E-state index in [9.17, 15) is 0 Å². The molecule has 76 valence electrons. The lowest BCUT2D eigenvalue weighted by Crippen LogP contribution is -2.41. The summed E-state index contributed by atoms with van der Waals surface area (Å²) in [4.78, 5) is 0. The van der Waals surface area contributed by atoms with Gasteiger partial charge in [-0.3, -0.25) is 5.32 Å². The van der Waals surface area contributed by atoms with Gasteiger partial charge in [-0.1, -0.05) is 12.1 Å². The van der Waals surface area contributed by atoms with Crippen molar-refractivity contribution in [3.8, 4) is 5.75 Å². The topological polar surface area (TPSA) is 71.3 Å². The molecule has 5 N–H and O–H groups in total. The average molecular weight is 194 g/mol. The first kappa shape index (κ1) is 9.42. The summed E-state index contributed by atoms with van der Waals surface area (Å²) in [7, 11) is 1.65. The molecular weight excluding hydrogens is 180 g/mol. The number of nitrogens with two attached hydrogens (primary N) is 1. The van der Waals surface area contributed by atoms with E-state index >= 15 is 0 Å². The van der Waals surface area contributed by atoms with Gasteiger partial charge in [-0.25, -0.2) is 10.9 Å². The molecular formula is C9H14N4O. The van der Waals surface area contributed by atoms with Crippen LogP contribution in [0.2, 0.25) is 0 Å². The number of nitrogens with one attached hydrogen (secondary N) is 3. The molecule has 1 aromatic rings. The van der Waals surface area contributed by atoms with Crippen molar-refractivity contribution < 1.29 is 4.74 Å². The summed E-state index contributed by atoms with van der Waals surface area (Å²) < 4.78 is 5.07. The van der Waals surface area contributed by atoms with Gasteiger partial charge in [0.2, 0.25) is 0 Å². The Morgan fingerprint density at radius 1 is 1.21 bits per heavy atom. The van der Waals surface area contributed by atoms with Crippen LogP contribution < -0.4 is 26.6 Å². The van der Waals surface area contributed by atoms with Gasteiger partial charge in [-0.05, 0) is 17.7 Å². The van der Waals surface area contributed by atoms with Crippen molar-refractivity contribution in [2.45, 2.75) is 12.5 Å². The predicted octanol–water partition coefficient (Wildman–Crippen LogP) is -0.366. The van der Waals surface area contributed by atoms with E-state index in [0.717, 1.165) is 11.3 Å². The zero-order chi connectivity index (χ0) is 9.97. The zero-order valence-corrected chi connectivity index (χ0v) is 7.95. The molecule has 1 aliphatic heterocycles. The number of methoxy groups -OCH3 is 1. The van der Waals surface area contributed by atoms with Gasteiger partial charge in [0.1, 0.15) is 12.0 Å². The third kappa shape index (κ3) is 1.85. The molecule has 0 bridgehead atoms. The van der Waals surface area contributed by atoms with Crippen LogP contribution in [0.3, 0.4) is 0 Å². The fourth-order valence-corrected chi connectivity index (χ4v) is 1.41. The second-order valence-electron chi connectivity index (χ2n) is 3.14. The molecule has 1 aromatic carbocycles. The molecule has 14 heavy (non-hydrogen) atoms. The Bertz CT molecular complexity index is 300. The molecule has 1 saturated heterocycles. The van der Waals surface area contributed by atoms with Crippen LogP contribution in [0.5, 0.6) is 5.75 Å². The number of rotatable bonds is 2. The third-order valence-corrected chi connectivity index (χ3v) is 2.18. The second kappa shape index (κ2) is 3.93. The molecule has 2 rings (SSSR count). The second-order valence-corrected chi connectivity index (χ2v) is 3.14. The zero-order valence-electron chi connectivity index (χ0n) is 7.95. The summed E-state index contributed by atoms with van der Waals surface area (Å²) in [6.07, 6.45) is -0.155. The van der Waals surface area contributed by atoms with E-state index in [2.05, 4.69) is 16.2 Å². The van der Waals surface area contributed by atoms with Crippen molar-refractivity contribution in [2.24, 2.45) is 5.73 Å². The molecule has 0 aliphatic carbocycles. The van der Waals surface area contributed by atoms with E-state index in [0.29, 0.717) is 0 Å². The van der Waals surface area contributed by atoms with Gasteiger partial charge in [0, 0.05) is 0 Å². The Kier molecular flexibility index (Phi) is 2.64. The van der Waals surface area contributed by atoms with Gasteiger partial charge in [0.25, 0.3) is 0 Å². The molecule has 0 saturated carbocycles. The lowest BCUT2D eigenvalue weighted by atomic mass is 10.2. The summed E-state index contributed by atoms with van der Waals surface area (Å²) in [5.41, 5.74) is 12.6. The highest BCUT2D eigenvalue weighted by atomic mass is 16.5. The third-order valence-electron chi connectivity index (χ3n) is 2.18. The van der Waals surface area contributed by atoms with Crippen molar-refractivity contribution in [1.29, 1.82) is 0 Å². The first-order chi connectivity index (χ1) is 6.79. The van der Waals surface area contributed by atoms with E-state index < -0.39 is 0 Å². The maximum atomic E-state index is 5.61. The minimum Gasteiger partial charge on any atom is -0.497 e. The molecule has 2 unspecified atom stereocenters. The maximum absolute atomic E-state index is 5.61. The first-order valence-electron chi connectivity index (χ1n) is 4.46. The van der Waals surface area contributed by atoms with Crippen molar-refractivity contribution in [1.82, 2.24) is 16.2 Å². The van der Waals surface area contributed by atoms with Crippen LogP contribution in [0.4, 0.5) is 0 Å². The van der Waals surface area contributed by atoms with Crippen molar-refractivity contribution in [3.63, 3.8) is 0 Å². The quantitative estimate of drug-likeness (QED) is 0.517. The molecule has 5 nitrogen and oxygen atoms in total. The highest BCUT2D eigenvalue weighted by Crippen LogP contribution is 2.16. The Labute approximate surface area is 82.6 Å². The Balaban J connectivity index is 2.09. The van der Waals surface area contributed by atoms with Crippen molar-refractivity contribution in [2.75, 3.05) is 7.11 Å². The molecule has 1 fully saturated rings. The minimum atomic E-state index is -0.206. The summed E-state index contributed by atoms with van der Waals surface area (Å²) in [5.74, 6) is 0.851. The van der Waals surface area contributed by atoms with Crippen LogP contribution in [0.1, 0.15) is 11.7 Å². The number of hydrogen-bond acceptors (Lipinski definition) is 5. The fraction of sp³-hybridized carbons (Fsp3) is 0.333. The van der Waals surface area contributed by atoms with Gasteiger partial charge >= 0.3 is 0 Å². The summed E-state index contributed by atoms with van der Waals surface area (Å²) in [6, 6.07) is 7.82. The lowest BCUT2D eigenvalue weighted by molar-refractivity contribution is 0.414. The number of ether oxygens (including phenoxy) is 1. The van der Waals surface area contributed by atoms with Crippen LogP contribution in [0.15, 0.2) is 24.3 Å². The lowest BCUT2D eigenvalue weighted by Gasteiger charge is -2.10. The number of hydrazine groups is 1. The fourth-order valence-electron chi connectivity index (χ4n) is 1.41. The summed E-state index contributed by atoms with van der Waals surface area (Å²) in [6.45, 7) is 0. The van der Waals surface area contributed by atoms with Crippen LogP contribution in [-0.2, 0) is 0 Å². The molecule has 0 amide bonds. The standard InChI is InChI=1S/C9H14N4O/c1-14-7-4-2-6(3-5-7)8-11-9(10)13-12-8/h2-5,8-9,11-13H,10H2,1H3. The largest absolute Gasteiger partial charge is 0.497 e. The molecule has 5 heteroatoms. The van der Waals surface area contributed by atoms with Gasteiger partial charge in [-0.15, -0.1) is 0 Å². The summed E-state index contributed by atoms with van der Waals surface area (Å²) in [5, 5.41) is 3.12.